The van der Waals surface area contributed by atoms with Gasteiger partial charge in [0.2, 0.25) is 0 Å². The van der Waals surface area contributed by atoms with Gasteiger partial charge in [-0.15, -0.1) is 24.0 Å². The normalized spacial score (nSPS) is 13.2. The number of halogens is 4. The second kappa shape index (κ2) is 10.7. The molecule has 0 aliphatic rings. The first-order chi connectivity index (χ1) is 9.96. The van der Waals surface area contributed by atoms with Gasteiger partial charge in [-0.2, -0.15) is 13.2 Å². The Hall–Kier alpha value is -1.03. The number of alkyl halides is 3. The van der Waals surface area contributed by atoms with Crippen LogP contribution in [0.5, 0.6) is 0 Å². The van der Waals surface area contributed by atoms with E-state index in [1.807, 2.05) is 30.3 Å². The molecule has 1 rings (SSSR count). The van der Waals surface area contributed by atoms with Crippen LogP contribution in [0, 0.1) is 0 Å². The first kappa shape index (κ1) is 21.0. The highest BCUT2D eigenvalue weighted by Crippen LogP contribution is 2.18. The summed E-state index contributed by atoms with van der Waals surface area (Å²) < 4.78 is 41.6. The molecule has 1 aromatic carbocycles. The number of benzene rings is 1. The van der Waals surface area contributed by atoms with Crippen LogP contribution in [0.4, 0.5) is 13.2 Å². The Kier molecular flexibility index (Phi) is 10.2. The van der Waals surface area contributed by atoms with Gasteiger partial charge >= 0.3 is 6.18 Å². The number of hydrogen-bond donors (Lipinski definition) is 2. The van der Waals surface area contributed by atoms with Crippen molar-refractivity contribution in [1.82, 2.24) is 10.6 Å². The Morgan fingerprint density at radius 1 is 1.23 bits per heavy atom. The molecule has 0 amide bonds. The Balaban J connectivity index is 0.00000441. The van der Waals surface area contributed by atoms with Gasteiger partial charge < -0.3 is 15.4 Å². The molecule has 126 valence electrons. The number of nitrogens with one attached hydrogen (secondary N) is 2. The molecule has 0 aromatic heterocycles. The largest absolute Gasteiger partial charge is 0.390 e. The predicted octanol–water partition coefficient (Wildman–Crippen LogP) is 3.11. The van der Waals surface area contributed by atoms with Crippen molar-refractivity contribution in [1.29, 1.82) is 0 Å². The van der Waals surface area contributed by atoms with Crippen LogP contribution in [0.15, 0.2) is 35.3 Å². The van der Waals surface area contributed by atoms with Crippen LogP contribution in [0.2, 0.25) is 0 Å². The second-order valence-corrected chi connectivity index (χ2v) is 4.38. The minimum Gasteiger partial charge on any atom is -0.375 e. The van der Waals surface area contributed by atoms with E-state index < -0.39 is 12.6 Å². The Labute approximate surface area is 145 Å². The minimum absolute atomic E-state index is 0. The molecule has 1 aromatic rings. The zero-order valence-electron chi connectivity index (χ0n) is 12.5. The number of ether oxygens (including phenoxy) is 1. The molecular formula is C14H21F3IN3O. The minimum atomic E-state index is -4.18. The summed E-state index contributed by atoms with van der Waals surface area (Å²) >= 11 is 0. The summed E-state index contributed by atoms with van der Waals surface area (Å²) in [5.41, 5.74) is 0.984. The topological polar surface area (TPSA) is 45.7 Å². The Morgan fingerprint density at radius 3 is 2.36 bits per heavy atom. The Bertz CT molecular complexity index is 441. The third kappa shape index (κ3) is 8.42. The van der Waals surface area contributed by atoms with E-state index >= 15 is 0 Å². The highest BCUT2D eigenvalue weighted by molar-refractivity contribution is 14.0. The lowest BCUT2D eigenvalue weighted by molar-refractivity contribution is -0.132. The fourth-order valence-electron chi connectivity index (χ4n) is 1.74. The molecule has 4 nitrogen and oxygen atoms in total. The maximum atomic E-state index is 12.1. The van der Waals surface area contributed by atoms with E-state index in [4.69, 9.17) is 4.74 Å². The van der Waals surface area contributed by atoms with Gasteiger partial charge in [-0.1, -0.05) is 30.3 Å². The average molecular weight is 431 g/mol. The van der Waals surface area contributed by atoms with E-state index in [9.17, 15) is 13.2 Å². The molecule has 0 heterocycles. The van der Waals surface area contributed by atoms with Crippen molar-refractivity contribution in [3.05, 3.63) is 35.9 Å². The maximum absolute atomic E-state index is 12.1. The molecule has 1 atom stereocenters. The first-order valence-corrected chi connectivity index (χ1v) is 6.55. The molecule has 0 bridgehead atoms. The standard InChI is InChI=1S/C14H20F3N3O.HI/c1-18-13(19-9-8-14(15,16)17)20-10-12(21-2)11-6-4-3-5-7-11;/h3-7,12H,8-10H2,1-2H3,(H2,18,19,20);1H. The molecule has 0 aliphatic carbocycles. The van der Waals surface area contributed by atoms with Gasteiger partial charge in [0.05, 0.1) is 12.5 Å². The van der Waals surface area contributed by atoms with Gasteiger partial charge in [0.1, 0.15) is 0 Å². The van der Waals surface area contributed by atoms with Gasteiger partial charge in [-0.25, -0.2) is 0 Å². The lowest BCUT2D eigenvalue weighted by Crippen LogP contribution is -2.40. The van der Waals surface area contributed by atoms with E-state index in [1.165, 1.54) is 7.05 Å². The number of rotatable bonds is 6. The lowest BCUT2D eigenvalue weighted by Gasteiger charge is -2.19. The quantitative estimate of drug-likeness (QED) is 0.414. The lowest BCUT2D eigenvalue weighted by atomic mass is 10.1. The molecule has 2 N–H and O–H groups in total. The fraction of sp³-hybridized carbons (Fsp3) is 0.500. The van der Waals surface area contributed by atoms with E-state index in [1.54, 1.807) is 7.11 Å². The van der Waals surface area contributed by atoms with Crippen LogP contribution in [-0.2, 0) is 4.74 Å². The summed E-state index contributed by atoms with van der Waals surface area (Å²) in [6.45, 7) is 0.193. The van der Waals surface area contributed by atoms with E-state index in [2.05, 4.69) is 15.6 Å². The second-order valence-electron chi connectivity index (χ2n) is 4.38. The van der Waals surface area contributed by atoms with Crippen molar-refractivity contribution in [2.24, 2.45) is 4.99 Å². The first-order valence-electron chi connectivity index (χ1n) is 6.55. The molecule has 0 radical (unpaired) electrons. The number of guanidine groups is 1. The van der Waals surface area contributed by atoms with Gasteiger partial charge in [-0.3, -0.25) is 4.99 Å². The third-order valence-electron chi connectivity index (χ3n) is 2.84. The van der Waals surface area contributed by atoms with E-state index in [-0.39, 0.29) is 36.6 Å². The summed E-state index contributed by atoms with van der Waals surface area (Å²) in [6.07, 6.45) is -5.28. The van der Waals surface area contributed by atoms with Crippen molar-refractivity contribution >= 4 is 29.9 Å². The highest BCUT2D eigenvalue weighted by atomic mass is 127. The number of hydrogen-bond acceptors (Lipinski definition) is 2. The molecular weight excluding hydrogens is 410 g/mol. The Morgan fingerprint density at radius 2 is 1.86 bits per heavy atom. The molecule has 0 fully saturated rings. The summed E-state index contributed by atoms with van der Waals surface area (Å²) in [5.74, 6) is 0.317. The molecule has 0 saturated carbocycles. The van der Waals surface area contributed by atoms with Crippen molar-refractivity contribution in [3.8, 4) is 0 Å². The SMILES string of the molecule is CN=C(NCCC(F)(F)F)NCC(OC)c1ccccc1.I. The number of nitrogens with zero attached hydrogens (tertiary/aromatic N) is 1. The van der Waals surface area contributed by atoms with Gasteiger partial charge in [0.15, 0.2) is 5.96 Å². The molecule has 1 unspecified atom stereocenters. The van der Waals surface area contributed by atoms with Gasteiger partial charge in [0, 0.05) is 27.2 Å². The van der Waals surface area contributed by atoms with Gasteiger partial charge in [0.25, 0.3) is 0 Å². The van der Waals surface area contributed by atoms with E-state index in [0.717, 1.165) is 5.56 Å². The summed E-state index contributed by atoms with van der Waals surface area (Å²) in [5, 5.41) is 5.57. The number of methoxy groups -OCH3 is 1. The number of aliphatic imine (C=N–C) groups is 1. The summed E-state index contributed by atoms with van der Waals surface area (Å²) in [4.78, 5) is 3.88. The van der Waals surface area contributed by atoms with E-state index in [0.29, 0.717) is 12.5 Å². The van der Waals surface area contributed by atoms with Gasteiger partial charge in [-0.05, 0) is 5.56 Å². The summed E-state index contributed by atoms with van der Waals surface area (Å²) in [6, 6.07) is 9.56. The predicted molar refractivity (Wildman–Crippen MR) is 91.6 cm³/mol. The molecule has 22 heavy (non-hydrogen) atoms. The fourth-order valence-corrected chi connectivity index (χ4v) is 1.74. The van der Waals surface area contributed by atoms with Crippen LogP contribution in [0.1, 0.15) is 18.1 Å². The van der Waals surface area contributed by atoms with Crippen LogP contribution in [0.25, 0.3) is 0 Å². The van der Waals surface area contributed by atoms with Crippen LogP contribution in [0.3, 0.4) is 0 Å². The molecule has 0 aliphatic heterocycles. The van der Waals surface area contributed by atoms with Crippen LogP contribution < -0.4 is 10.6 Å². The third-order valence-corrected chi connectivity index (χ3v) is 2.84. The zero-order chi connectivity index (χ0) is 15.7. The average Bonchev–Trinajstić information content (AvgIpc) is 2.46. The van der Waals surface area contributed by atoms with Crippen molar-refractivity contribution in [2.45, 2.75) is 18.7 Å². The van der Waals surface area contributed by atoms with Crippen molar-refractivity contribution in [3.63, 3.8) is 0 Å². The van der Waals surface area contributed by atoms with Crippen molar-refractivity contribution in [2.75, 3.05) is 27.2 Å². The maximum Gasteiger partial charge on any atom is 0.390 e. The smallest absolute Gasteiger partial charge is 0.375 e. The van der Waals surface area contributed by atoms with Crippen LogP contribution in [-0.4, -0.2) is 39.4 Å². The summed E-state index contributed by atoms with van der Waals surface area (Å²) in [7, 11) is 3.09. The molecule has 0 spiro atoms. The van der Waals surface area contributed by atoms with Crippen LogP contribution >= 0.6 is 24.0 Å². The molecule has 0 saturated heterocycles. The zero-order valence-corrected chi connectivity index (χ0v) is 14.8. The van der Waals surface area contributed by atoms with Crippen molar-refractivity contribution < 1.29 is 17.9 Å². The molecule has 8 heteroatoms. The highest BCUT2D eigenvalue weighted by Gasteiger charge is 2.26. The monoisotopic (exact) mass is 431 g/mol.